The molecule has 8 heteroatoms. The van der Waals surface area contributed by atoms with E-state index in [1.807, 2.05) is 47.1 Å². The molecule has 0 saturated heterocycles. The summed E-state index contributed by atoms with van der Waals surface area (Å²) < 4.78 is 13.3. The van der Waals surface area contributed by atoms with Crippen LogP contribution in [-0.2, 0) is 30.7 Å². The van der Waals surface area contributed by atoms with Gasteiger partial charge < -0.3 is 9.26 Å². The van der Waals surface area contributed by atoms with Gasteiger partial charge in [-0.25, -0.2) is 4.68 Å². The normalized spacial score (nSPS) is 16.0. The summed E-state index contributed by atoms with van der Waals surface area (Å²) in [5.41, 5.74) is 3.75. The van der Waals surface area contributed by atoms with Gasteiger partial charge in [0.1, 0.15) is 6.10 Å². The molecule has 1 aliphatic rings. The molecule has 0 fully saturated rings. The van der Waals surface area contributed by atoms with Crippen LogP contribution in [-0.4, -0.2) is 25.1 Å². The van der Waals surface area contributed by atoms with Crippen molar-refractivity contribution in [2.24, 2.45) is 0 Å². The van der Waals surface area contributed by atoms with Crippen LogP contribution in [0.3, 0.4) is 0 Å². The van der Waals surface area contributed by atoms with E-state index in [0.717, 1.165) is 17.7 Å². The minimum Gasteiger partial charge on any atom is -0.365 e. The van der Waals surface area contributed by atoms with Crippen molar-refractivity contribution in [2.45, 2.75) is 32.1 Å². The number of hydrogen-bond donors (Lipinski definition) is 0. The summed E-state index contributed by atoms with van der Waals surface area (Å²) in [5.74, 6) is 1.03. The van der Waals surface area contributed by atoms with Crippen molar-refractivity contribution >= 4 is 11.6 Å². The van der Waals surface area contributed by atoms with Gasteiger partial charge in [-0.3, -0.25) is 0 Å². The Morgan fingerprint density at radius 3 is 2.69 bits per heavy atom. The molecule has 3 heterocycles. The van der Waals surface area contributed by atoms with Gasteiger partial charge in [0.05, 0.1) is 18.8 Å². The third-order valence-electron chi connectivity index (χ3n) is 4.99. The molecule has 0 spiro atoms. The summed E-state index contributed by atoms with van der Waals surface area (Å²) >= 11 is 5.97. The van der Waals surface area contributed by atoms with E-state index in [1.54, 1.807) is 0 Å². The van der Waals surface area contributed by atoms with Crippen LogP contribution in [0, 0.1) is 0 Å². The minimum absolute atomic E-state index is 0.0963. The number of ether oxygens (including phenoxy) is 1. The smallest absolute Gasteiger partial charge is 0.227 e. The quantitative estimate of drug-likeness (QED) is 0.496. The Bertz CT molecular complexity index is 1110. The molecule has 0 bridgehead atoms. The van der Waals surface area contributed by atoms with Crippen LogP contribution < -0.4 is 0 Å². The van der Waals surface area contributed by atoms with E-state index in [-0.39, 0.29) is 6.10 Å². The number of rotatable bonds is 5. The molecule has 0 N–H and O–H groups in total. The maximum atomic E-state index is 6.03. The van der Waals surface area contributed by atoms with Crippen LogP contribution in [0.5, 0.6) is 0 Å². The Labute approximate surface area is 172 Å². The van der Waals surface area contributed by atoms with E-state index < -0.39 is 0 Å². The number of hydrogen-bond acceptors (Lipinski definition) is 6. The highest BCUT2D eigenvalue weighted by Crippen LogP contribution is 2.30. The van der Waals surface area contributed by atoms with Gasteiger partial charge in [0.2, 0.25) is 11.7 Å². The Balaban J connectivity index is 1.30. The van der Waals surface area contributed by atoms with E-state index in [2.05, 4.69) is 32.6 Å². The van der Waals surface area contributed by atoms with Crippen LogP contribution in [0.2, 0.25) is 5.02 Å². The van der Waals surface area contributed by atoms with E-state index in [0.29, 0.717) is 42.0 Å². The maximum absolute atomic E-state index is 6.03. The van der Waals surface area contributed by atoms with Gasteiger partial charge in [0.15, 0.2) is 5.69 Å². The minimum atomic E-state index is -0.0963. The van der Waals surface area contributed by atoms with Gasteiger partial charge in [0, 0.05) is 11.4 Å². The topological polar surface area (TPSA) is 78.9 Å². The second kappa shape index (κ2) is 7.77. The van der Waals surface area contributed by atoms with Crippen LogP contribution >= 0.6 is 11.6 Å². The van der Waals surface area contributed by atoms with Gasteiger partial charge in [-0.2, -0.15) is 4.98 Å². The van der Waals surface area contributed by atoms with Crippen LogP contribution in [0.1, 0.15) is 28.8 Å². The zero-order valence-corrected chi connectivity index (χ0v) is 16.3. The largest absolute Gasteiger partial charge is 0.365 e. The first-order valence-corrected chi connectivity index (χ1v) is 9.80. The van der Waals surface area contributed by atoms with E-state index in [9.17, 15) is 0 Å². The average molecular weight is 408 g/mol. The molecule has 0 saturated carbocycles. The van der Waals surface area contributed by atoms with Gasteiger partial charge in [-0.15, -0.1) is 5.10 Å². The molecule has 146 valence electrons. The third kappa shape index (κ3) is 3.79. The molecule has 4 aromatic rings. The number of aryl methyl sites for hydroxylation is 2. The Morgan fingerprint density at radius 1 is 1.03 bits per heavy atom. The molecule has 0 unspecified atom stereocenters. The van der Waals surface area contributed by atoms with Crippen molar-refractivity contribution in [3.05, 3.63) is 82.3 Å². The zero-order valence-electron chi connectivity index (χ0n) is 15.5. The van der Waals surface area contributed by atoms with Crippen molar-refractivity contribution < 1.29 is 9.26 Å². The molecule has 29 heavy (non-hydrogen) atoms. The molecule has 1 atom stereocenters. The first-order valence-electron chi connectivity index (χ1n) is 9.42. The van der Waals surface area contributed by atoms with Crippen LogP contribution in [0.25, 0.3) is 11.5 Å². The van der Waals surface area contributed by atoms with Gasteiger partial charge in [-0.1, -0.05) is 64.4 Å². The number of fused-ring (bicyclic) bond motifs is 1. The highest BCUT2D eigenvalue weighted by molar-refractivity contribution is 6.30. The van der Waals surface area contributed by atoms with Crippen LogP contribution in [0.4, 0.5) is 0 Å². The first-order chi connectivity index (χ1) is 14.3. The molecule has 0 amide bonds. The molecule has 0 radical (unpaired) electrons. The van der Waals surface area contributed by atoms with E-state index in [4.69, 9.17) is 20.9 Å². The van der Waals surface area contributed by atoms with Gasteiger partial charge in [-0.05, 0) is 29.7 Å². The lowest BCUT2D eigenvalue weighted by atomic mass is 10.1. The van der Waals surface area contributed by atoms with Crippen LogP contribution in [0.15, 0.2) is 59.1 Å². The van der Waals surface area contributed by atoms with Gasteiger partial charge >= 0.3 is 0 Å². The van der Waals surface area contributed by atoms with E-state index in [1.165, 1.54) is 5.56 Å². The number of nitrogens with zero attached hydrogens (tertiary/aromatic N) is 5. The second-order valence-electron chi connectivity index (χ2n) is 6.92. The second-order valence-corrected chi connectivity index (χ2v) is 7.35. The molecule has 0 aliphatic carbocycles. The lowest BCUT2D eigenvalue weighted by molar-refractivity contribution is -0.00111. The monoisotopic (exact) mass is 407 g/mol. The molecule has 2 aromatic heterocycles. The Kier molecular flexibility index (Phi) is 4.83. The standard InChI is InChI=1S/C21H18ClN5O2/c22-16-9-7-15(8-10-16)18-12-27-17(13-28-18)20(24-26-27)21-23-19(29-25-21)11-6-14-4-2-1-3-5-14/h1-5,7-10,18H,6,11-13H2/t18-/m1/s1. The SMILES string of the molecule is Clc1ccc([C@H]2Cn3nnc(-c4noc(CCc5ccccc5)n4)c3CO2)cc1. The van der Waals surface area contributed by atoms with Crippen molar-refractivity contribution in [2.75, 3.05) is 0 Å². The molecular weight excluding hydrogens is 390 g/mol. The Morgan fingerprint density at radius 2 is 1.86 bits per heavy atom. The van der Waals surface area contributed by atoms with Gasteiger partial charge in [0.25, 0.3) is 0 Å². The zero-order chi connectivity index (χ0) is 19.6. The highest BCUT2D eigenvalue weighted by atomic mass is 35.5. The fraction of sp³-hybridized carbons (Fsp3) is 0.238. The summed E-state index contributed by atoms with van der Waals surface area (Å²) in [7, 11) is 0. The molecule has 7 nitrogen and oxygen atoms in total. The summed E-state index contributed by atoms with van der Waals surface area (Å²) in [6, 6.07) is 17.9. The molecular formula is C21H18ClN5O2. The first kappa shape index (κ1) is 18.0. The lowest BCUT2D eigenvalue weighted by Gasteiger charge is -2.24. The summed E-state index contributed by atoms with van der Waals surface area (Å²) in [4.78, 5) is 4.50. The summed E-state index contributed by atoms with van der Waals surface area (Å²) in [5, 5.41) is 13.3. The molecule has 5 rings (SSSR count). The molecule has 2 aromatic carbocycles. The third-order valence-corrected chi connectivity index (χ3v) is 5.24. The number of halogens is 1. The van der Waals surface area contributed by atoms with Crippen molar-refractivity contribution in [1.82, 2.24) is 25.1 Å². The van der Waals surface area contributed by atoms with E-state index >= 15 is 0 Å². The summed E-state index contributed by atoms with van der Waals surface area (Å²) in [6.07, 6.45) is 1.42. The number of benzene rings is 2. The average Bonchev–Trinajstić information content (AvgIpc) is 3.40. The predicted molar refractivity (Wildman–Crippen MR) is 106 cm³/mol. The Hall–Kier alpha value is -3.03. The molecule has 1 aliphatic heterocycles. The van der Waals surface area contributed by atoms with Crippen molar-refractivity contribution in [3.63, 3.8) is 0 Å². The predicted octanol–water partition coefficient (Wildman–Crippen LogP) is 4.04. The fourth-order valence-electron chi connectivity index (χ4n) is 3.41. The van der Waals surface area contributed by atoms with Crippen molar-refractivity contribution in [3.8, 4) is 11.5 Å². The van der Waals surface area contributed by atoms with Crippen molar-refractivity contribution in [1.29, 1.82) is 0 Å². The summed E-state index contributed by atoms with van der Waals surface area (Å²) in [6.45, 7) is 0.951. The maximum Gasteiger partial charge on any atom is 0.227 e. The highest BCUT2D eigenvalue weighted by Gasteiger charge is 2.27. The number of aromatic nitrogens is 5. The fourth-order valence-corrected chi connectivity index (χ4v) is 3.54. The lowest BCUT2D eigenvalue weighted by Crippen LogP contribution is -2.22.